The predicted octanol–water partition coefficient (Wildman–Crippen LogP) is 4.87. The van der Waals surface area contributed by atoms with Crippen LogP contribution < -0.4 is 9.64 Å². The fourth-order valence-electron chi connectivity index (χ4n) is 4.64. The Balaban J connectivity index is 1.61. The number of halogens is 2. The van der Waals surface area contributed by atoms with E-state index in [4.69, 9.17) is 4.74 Å². The summed E-state index contributed by atoms with van der Waals surface area (Å²) in [6.07, 6.45) is 0. The topological polar surface area (TPSA) is 49.9 Å². The van der Waals surface area contributed by atoms with Gasteiger partial charge in [-0.2, -0.15) is 0 Å². The number of nitrogens with zero attached hydrogens (tertiary/aromatic N) is 2. The van der Waals surface area contributed by atoms with Crippen molar-refractivity contribution in [1.82, 2.24) is 4.90 Å². The van der Waals surface area contributed by atoms with Crippen LogP contribution in [0, 0.1) is 18.6 Å². The second-order valence-corrected chi connectivity index (χ2v) is 9.58. The van der Waals surface area contributed by atoms with Crippen molar-refractivity contribution in [3.8, 4) is 5.75 Å². The van der Waals surface area contributed by atoms with Gasteiger partial charge in [0, 0.05) is 29.0 Å². The van der Waals surface area contributed by atoms with Gasteiger partial charge in [-0.25, -0.2) is 8.78 Å². The largest absolute Gasteiger partial charge is 0.497 e. The van der Waals surface area contributed by atoms with Crippen molar-refractivity contribution in [2.75, 3.05) is 24.3 Å². The van der Waals surface area contributed by atoms with Gasteiger partial charge in [0.15, 0.2) is 4.87 Å². The summed E-state index contributed by atoms with van der Waals surface area (Å²) in [7, 11) is 1.52. The molecule has 1 fully saturated rings. The lowest BCUT2D eigenvalue weighted by Gasteiger charge is -2.33. The maximum absolute atomic E-state index is 14.5. The summed E-state index contributed by atoms with van der Waals surface area (Å²) >= 11 is 1.37. The zero-order chi connectivity index (χ0) is 24.0. The Hall–Kier alpha value is -3.39. The SMILES string of the molecule is COc1cccc(C(=O)N2CCS[C@@]23C(=O)N(Cc2c(F)cccc2F)c2ccc(C)cc23)c1. The molecular weight excluding hydrogens is 458 g/mol. The number of benzene rings is 3. The number of rotatable bonds is 4. The molecule has 0 aliphatic carbocycles. The lowest BCUT2D eigenvalue weighted by molar-refractivity contribution is -0.123. The van der Waals surface area contributed by atoms with Crippen LogP contribution in [0.1, 0.15) is 27.0 Å². The van der Waals surface area contributed by atoms with Crippen LogP contribution in [0.15, 0.2) is 60.7 Å². The van der Waals surface area contributed by atoms with Crippen LogP contribution in [0.2, 0.25) is 0 Å². The highest BCUT2D eigenvalue weighted by Crippen LogP contribution is 2.55. The summed E-state index contributed by atoms with van der Waals surface area (Å²) in [6.45, 7) is 2.00. The van der Waals surface area contributed by atoms with Crippen LogP contribution in [0.5, 0.6) is 5.75 Å². The van der Waals surface area contributed by atoms with Gasteiger partial charge in [-0.15, -0.1) is 11.8 Å². The van der Waals surface area contributed by atoms with Crippen molar-refractivity contribution in [1.29, 1.82) is 0 Å². The van der Waals surface area contributed by atoms with Crippen molar-refractivity contribution in [2.45, 2.75) is 18.3 Å². The van der Waals surface area contributed by atoms with Crippen molar-refractivity contribution in [2.24, 2.45) is 0 Å². The smallest absolute Gasteiger partial charge is 0.268 e. The first kappa shape index (κ1) is 22.4. The summed E-state index contributed by atoms with van der Waals surface area (Å²) in [5.74, 6) is -1.02. The van der Waals surface area contributed by atoms with Crippen LogP contribution in [0.4, 0.5) is 14.5 Å². The van der Waals surface area contributed by atoms with E-state index in [1.54, 1.807) is 35.2 Å². The summed E-state index contributed by atoms with van der Waals surface area (Å²) in [6, 6.07) is 16.0. The molecule has 8 heteroatoms. The summed E-state index contributed by atoms with van der Waals surface area (Å²) in [5.41, 5.74) is 2.35. The number of hydrogen-bond acceptors (Lipinski definition) is 4. The molecule has 34 heavy (non-hydrogen) atoms. The highest BCUT2D eigenvalue weighted by molar-refractivity contribution is 8.01. The van der Waals surface area contributed by atoms with E-state index in [1.807, 2.05) is 19.1 Å². The van der Waals surface area contributed by atoms with Crippen LogP contribution >= 0.6 is 11.8 Å². The minimum absolute atomic E-state index is 0.187. The van der Waals surface area contributed by atoms with E-state index < -0.39 is 16.5 Å². The first-order valence-corrected chi connectivity index (χ1v) is 11.8. The zero-order valence-corrected chi connectivity index (χ0v) is 19.5. The fourth-order valence-corrected chi connectivity index (χ4v) is 6.09. The van der Waals surface area contributed by atoms with Gasteiger partial charge in [0.05, 0.1) is 19.3 Å². The maximum Gasteiger partial charge on any atom is 0.268 e. The number of amides is 2. The molecule has 0 aromatic heterocycles. The van der Waals surface area contributed by atoms with Gasteiger partial charge >= 0.3 is 0 Å². The molecule has 0 N–H and O–H groups in total. The quantitative estimate of drug-likeness (QED) is 0.535. The third-order valence-corrected chi connectivity index (χ3v) is 7.71. The number of hydrogen-bond donors (Lipinski definition) is 0. The average Bonchev–Trinajstić information content (AvgIpc) is 3.37. The molecule has 2 heterocycles. The molecule has 1 spiro atoms. The normalized spacial score (nSPS) is 19.1. The van der Waals surface area contributed by atoms with E-state index >= 15 is 0 Å². The molecule has 3 aromatic rings. The van der Waals surface area contributed by atoms with E-state index in [0.29, 0.717) is 34.9 Å². The van der Waals surface area contributed by atoms with Crippen LogP contribution in [0.25, 0.3) is 0 Å². The van der Waals surface area contributed by atoms with E-state index in [1.165, 1.54) is 42.0 Å². The standard InChI is InChI=1S/C26H22F2N2O3S/c1-16-9-10-23-20(13-16)26(25(32)29(23)15-19-21(27)7-4-8-22(19)28)30(11-12-34-26)24(31)17-5-3-6-18(14-17)33-2/h3-10,13-14H,11-12,15H2,1-2H3/t26-/m0/s1. The number of anilines is 1. The lowest BCUT2D eigenvalue weighted by Crippen LogP contribution is -2.50. The van der Waals surface area contributed by atoms with Gasteiger partial charge < -0.3 is 14.5 Å². The minimum Gasteiger partial charge on any atom is -0.497 e. The molecule has 2 amide bonds. The lowest BCUT2D eigenvalue weighted by atomic mass is 10.0. The predicted molar refractivity (Wildman–Crippen MR) is 127 cm³/mol. The molecule has 0 unspecified atom stereocenters. The first-order valence-electron chi connectivity index (χ1n) is 10.8. The summed E-state index contributed by atoms with van der Waals surface area (Å²) < 4.78 is 34.2. The molecule has 0 bridgehead atoms. The molecule has 5 rings (SSSR count). The average molecular weight is 481 g/mol. The first-order chi connectivity index (χ1) is 16.4. The number of thioether (sulfide) groups is 1. The molecule has 2 aliphatic rings. The Morgan fingerprint density at radius 2 is 1.82 bits per heavy atom. The zero-order valence-electron chi connectivity index (χ0n) is 18.7. The highest BCUT2D eigenvalue weighted by atomic mass is 32.2. The van der Waals surface area contributed by atoms with Gasteiger partial charge in [0.2, 0.25) is 0 Å². The van der Waals surface area contributed by atoms with Crippen molar-refractivity contribution in [3.63, 3.8) is 0 Å². The Morgan fingerprint density at radius 3 is 2.56 bits per heavy atom. The molecule has 1 saturated heterocycles. The molecule has 3 aromatic carbocycles. The van der Waals surface area contributed by atoms with E-state index in [9.17, 15) is 18.4 Å². The Bertz CT molecular complexity index is 1290. The molecule has 2 aliphatic heterocycles. The number of aryl methyl sites for hydroxylation is 1. The Kier molecular flexibility index (Phi) is 5.56. The molecule has 1 atom stereocenters. The highest BCUT2D eigenvalue weighted by Gasteiger charge is 2.59. The van der Waals surface area contributed by atoms with Gasteiger partial charge in [0.25, 0.3) is 11.8 Å². The maximum atomic E-state index is 14.5. The van der Waals surface area contributed by atoms with E-state index in [0.717, 1.165) is 5.56 Å². The molecule has 174 valence electrons. The van der Waals surface area contributed by atoms with Gasteiger partial charge in [-0.1, -0.05) is 29.8 Å². The van der Waals surface area contributed by atoms with Crippen LogP contribution in [0.3, 0.4) is 0 Å². The summed E-state index contributed by atoms with van der Waals surface area (Å²) in [4.78, 5) is 29.4. The molecule has 0 saturated carbocycles. The Labute approximate surface area is 200 Å². The molecule has 0 radical (unpaired) electrons. The third kappa shape index (κ3) is 3.36. The van der Waals surface area contributed by atoms with Gasteiger partial charge in [-0.05, 0) is 43.3 Å². The fraction of sp³-hybridized carbons (Fsp3) is 0.231. The summed E-state index contributed by atoms with van der Waals surface area (Å²) in [5, 5.41) is 0. The number of carbonyl (C=O) groups excluding carboxylic acids is 2. The minimum atomic E-state index is -1.30. The van der Waals surface area contributed by atoms with Crippen molar-refractivity contribution in [3.05, 3.63) is 94.6 Å². The second kappa shape index (κ2) is 8.43. The monoisotopic (exact) mass is 480 g/mol. The van der Waals surface area contributed by atoms with Gasteiger partial charge in [0.1, 0.15) is 17.4 Å². The number of ether oxygens (including phenoxy) is 1. The van der Waals surface area contributed by atoms with Crippen molar-refractivity contribution < 1.29 is 23.1 Å². The van der Waals surface area contributed by atoms with Gasteiger partial charge in [-0.3, -0.25) is 9.59 Å². The van der Waals surface area contributed by atoms with Crippen molar-refractivity contribution >= 4 is 29.3 Å². The number of methoxy groups -OCH3 is 1. The molecule has 5 nitrogen and oxygen atoms in total. The molecular formula is C26H22F2N2O3S. The van der Waals surface area contributed by atoms with E-state index in [-0.39, 0.29) is 23.9 Å². The van der Waals surface area contributed by atoms with E-state index in [2.05, 4.69) is 0 Å². The van der Waals surface area contributed by atoms with Crippen LogP contribution in [-0.2, 0) is 16.2 Å². The number of carbonyl (C=O) groups is 2. The number of fused-ring (bicyclic) bond motifs is 2. The van der Waals surface area contributed by atoms with Crippen LogP contribution in [-0.4, -0.2) is 36.1 Å². The Morgan fingerprint density at radius 1 is 1.09 bits per heavy atom. The third-order valence-electron chi connectivity index (χ3n) is 6.29. The second-order valence-electron chi connectivity index (χ2n) is 8.29.